The van der Waals surface area contributed by atoms with Crippen LogP contribution in [0.4, 0.5) is 11.8 Å². The second-order valence-corrected chi connectivity index (χ2v) is 4.40. The molecule has 1 heterocycles. The van der Waals surface area contributed by atoms with Gasteiger partial charge in [-0.1, -0.05) is 17.7 Å². The molecule has 0 unspecified atom stereocenters. The van der Waals surface area contributed by atoms with Crippen molar-refractivity contribution in [1.29, 1.82) is 5.26 Å². The minimum atomic E-state index is -0.561. The number of aromatic nitrogens is 2. The van der Waals surface area contributed by atoms with E-state index in [1.54, 1.807) is 6.07 Å². The normalized spacial score (nSPS) is 9.95. The molecule has 0 aliphatic carbocycles. The zero-order chi connectivity index (χ0) is 15.6. The van der Waals surface area contributed by atoms with E-state index < -0.39 is 5.97 Å². The molecule has 0 aliphatic rings. The third-order valence-electron chi connectivity index (χ3n) is 2.71. The van der Waals surface area contributed by atoms with Crippen LogP contribution in [0.15, 0.2) is 18.2 Å². The van der Waals surface area contributed by atoms with Gasteiger partial charge in [0.1, 0.15) is 17.5 Å². The van der Waals surface area contributed by atoms with E-state index in [0.29, 0.717) is 5.56 Å². The van der Waals surface area contributed by atoms with Crippen LogP contribution in [0.25, 0.3) is 11.3 Å². The number of carbonyl (C=O) groups is 1. The van der Waals surface area contributed by atoms with Crippen molar-refractivity contribution in [3.8, 4) is 17.3 Å². The summed E-state index contributed by atoms with van der Waals surface area (Å²) in [5.74, 6) is -0.642. The van der Waals surface area contributed by atoms with E-state index in [1.807, 2.05) is 6.07 Å². The van der Waals surface area contributed by atoms with Gasteiger partial charge in [-0.05, 0) is 12.1 Å². The molecule has 0 atom stereocenters. The number of carbonyl (C=O) groups excluding carboxylic acids is 1. The van der Waals surface area contributed by atoms with E-state index in [4.69, 9.17) is 28.3 Å². The second-order valence-electron chi connectivity index (χ2n) is 3.99. The molecule has 21 heavy (non-hydrogen) atoms. The molecule has 1 aromatic heterocycles. The van der Waals surface area contributed by atoms with Gasteiger partial charge in [-0.25, -0.2) is 9.78 Å². The maximum absolute atomic E-state index is 11.5. The van der Waals surface area contributed by atoms with E-state index in [0.717, 1.165) is 0 Å². The number of anilines is 2. The molecule has 1 aromatic carbocycles. The molecular weight excluding hydrogens is 294 g/mol. The Labute approximate surface area is 125 Å². The van der Waals surface area contributed by atoms with E-state index in [9.17, 15) is 4.79 Å². The first-order valence-electron chi connectivity index (χ1n) is 5.69. The van der Waals surface area contributed by atoms with Gasteiger partial charge in [-0.15, -0.1) is 0 Å². The van der Waals surface area contributed by atoms with E-state index in [1.165, 1.54) is 19.2 Å². The standard InChI is InChI=1S/C13H10ClN5O2/c1-21-12(20)7-3-2-6(4-9(7)14)10-8(5-15)11(16)19-13(17)18-10/h2-4H,1H3,(H4,16,17,18,19). The van der Waals surface area contributed by atoms with Crippen LogP contribution >= 0.6 is 11.6 Å². The van der Waals surface area contributed by atoms with Crippen LogP contribution in [-0.2, 0) is 4.74 Å². The third-order valence-corrected chi connectivity index (χ3v) is 3.03. The van der Waals surface area contributed by atoms with E-state index in [-0.39, 0.29) is 33.6 Å². The monoisotopic (exact) mass is 303 g/mol. The lowest BCUT2D eigenvalue weighted by Gasteiger charge is -2.08. The summed E-state index contributed by atoms with van der Waals surface area (Å²) in [6, 6.07) is 6.44. The number of nitriles is 1. The lowest BCUT2D eigenvalue weighted by Crippen LogP contribution is -2.06. The van der Waals surface area contributed by atoms with Gasteiger partial charge in [0.25, 0.3) is 0 Å². The summed E-state index contributed by atoms with van der Waals surface area (Å²) in [6.07, 6.45) is 0. The zero-order valence-corrected chi connectivity index (χ0v) is 11.7. The number of hydrogen-bond donors (Lipinski definition) is 2. The van der Waals surface area contributed by atoms with Gasteiger partial charge in [-0.2, -0.15) is 10.2 Å². The molecule has 0 saturated carbocycles. The number of rotatable bonds is 2. The Morgan fingerprint density at radius 2 is 2.10 bits per heavy atom. The van der Waals surface area contributed by atoms with Crippen LogP contribution in [0.3, 0.4) is 0 Å². The highest BCUT2D eigenvalue weighted by molar-refractivity contribution is 6.33. The van der Waals surface area contributed by atoms with E-state index >= 15 is 0 Å². The van der Waals surface area contributed by atoms with Gasteiger partial charge in [0.2, 0.25) is 5.95 Å². The minimum Gasteiger partial charge on any atom is -0.465 e. The van der Waals surface area contributed by atoms with Crippen molar-refractivity contribution in [2.75, 3.05) is 18.6 Å². The lowest BCUT2D eigenvalue weighted by atomic mass is 10.0. The number of halogens is 1. The average molecular weight is 304 g/mol. The predicted octanol–water partition coefficient (Wildman–Crippen LogP) is 1.62. The summed E-state index contributed by atoms with van der Waals surface area (Å²) >= 11 is 6.04. The van der Waals surface area contributed by atoms with Crippen LogP contribution in [0.5, 0.6) is 0 Å². The van der Waals surface area contributed by atoms with E-state index in [2.05, 4.69) is 14.7 Å². The molecule has 2 rings (SSSR count). The Morgan fingerprint density at radius 3 is 2.67 bits per heavy atom. The largest absolute Gasteiger partial charge is 0.465 e. The van der Waals surface area contributed by atoms with Gasteiger partial charge >= 0.3 is 5.97 Å². The summed E-state index contributed by atoms with van der Waals surface area (Å²) in [4.78, 5) is 19.2. The smallest absolute Gasteiger partial charge is 0.339 e. The number of methoxy groups -OCH3 is 1. The number of hydrogen-bond acceptors (Lipinski definition) is 7. The fourth-order valence-electron chi connectivity index (χ4n) is 1.75. The number of ether oxygens (including phenoxy) is 1. The van der Waals surface area contributed by atoms with Crippen LogP contribution in [0.1, 0.15) is 15.9 Å². The summed E-state index contributed by atoms with van der Waals surface area (Å²) < 4.78 is 4.60. The van der Waals surface area contributed by atoms with Crippen molar-refractivity contribution < 1.29 is 9.53 Å². The Balaban J connectivity index is 2.61. The van der Waals surface area contributed by atoms with Gasteiger partial charge in [0.05, 0.1) is 23.4 Å². The van der Waals surface area contributed by atoms with Crippen LogP contribution < -0.4 is 11.5 Å². The Hall–Kier alpha value is -2.85. The first-order valence-corrected chi connectivity index (χ1v) is 6.07. The lowest BCUT2D eigenvalue weighted by molar-refractivity contribution is 0.0601. The van der Waals surface area contributed by atoms with Crippen molar-refractivity contribution in [3.05, 3.63) is 34.3 Å². The highest BCUT2D eigenvalue weighted by Crippen LogP contribution is 2.29. The molecule has 0 aliphatic heterocycles. The van der Waals surface area contributed by atoms with Gasteiger partial charge in [-0.3, -0.25) is 0 Å². The van der Waals surface area contributed by atoms with Gasteiger partial charge < -0.3 is 16.2 Å². The Kier molecular flexibility index (Phi) is 3.91. The van der Waals surface area contributed by atoms with Gasteiger partial charge in [0.15, 0.2) is 0 Å². The van der Waals surface area contributed by atoms with Crippen LogP contribution in [-0.4, -0.2) is 23.0 Å². The second kappa shape index (κ2) is 5.64. The summed E-state index contributed by atoms with van der Waals surface area (Å²) in [5.41, 5.74) is 12.2. The summed E-state index contributed by atoms with van der Waals surface area (Å²) in [5, 5.41) is 9.31. The zero-order valence-electron chi connectivity index (χ0n) is 10.9. The minimum absolute atomic E-state index is 0.0202. The molecule has 106 valence electrons. The first kappa shape index (κ1) is 14.6. The molecule has 2 aromatic rings. The highest BCUT2D eigenvalue weighted by atomic mass is 35.5. The first-order chi connectivity index (χ1) is 9.97. The Morgan fingerprint density at radius 1 is 1.38 bits per heavy atom. The molecule has 0 bridgehead atoms. The number of nitrogens with two attached hydrogens (primary N) is 2. The number of nitrogen functional groups attached to an aromatic ring is 2. The number of esters is 1. The van der Waals surface area contributed by atoms with Crippen molar-refractivity contribution in [1.82, 2.24) is 9.97 Å². The molecule has 0 fully saturated rings. The maximum atomic E-state index is 11.5. The maximum Gasteiger partial charge on any atom is 0.339 e. The molecule has 0 spiro atoms. The van der Waals surface area contributed by atoms with Gasteiger partial charge in [0, 0.05) is 5.56 Å². The van der Waals surface area contributed by atoms with Crippen molar-refractivity contribution in [3.63, 3.8) is 0 Å². The van der Waals surface area contributed by atoms with Crippen LogP contribution in [0.2, 0.25) is 5.02 Å². The molecule has 0 saturated heterocycles. The SMILES string of the molecule is COC(=O)c1ccc(-c2nc(N)nc(N)c2C#N)cc1Cl. The summed E-state index contributed by atoms with van der Waals surface area (Å²) in [6.45, 7) is 0. The molecule has 0 radical (unpaired) electrons. The Bertz CT molecular complexity index is 770. The third kappa shape index (κ3) is 2.70. The molecule has 4 N–H and O–H groups in total. The number of nitrogens with zero attached hydrogens (tertiary/aromatic N) is 3. The molecule has 0 amide bonds. The average Bonchev–Trinajstić information content (AvgIpc) is 2.45. The van der Waals surface area contributed by atoms with Crippen molar-refractivity contribution in [2.24, 2.45) is 0 Å². The number of benzene rings is 1. The highest BCUT2D eigenvalue weighted by Gasteiger charge is 2.16. The van der Waals surface area contributed by atoms with Crippen LogP contribution in [0, 0.1) is 11.3 Å². The predicted molar refractivity (Wildman–Crippen MR) is 77.4 cm³/mol. The quantitative estimate of drug-likeness (QED) is 0.806. The topological polar surface area (TPSA) is 128 Å². The fourth-order valence-corrected chi connectivity index (χ4v) is 2.01. The van der Waals surface area contributed by atoms with Crippen molar-refractivity contribution >= 4 is 29.3 Å². The molecule has 8 heteroatoms. The fraction of sp³-hybridized carbons (Fsp3) is 0.0769. The molecule has 7 nitrogen and oxygen atoms in total. The van der Waals surface area contributed by atoms with Crippen molar-refractivity contribution in [2.45, 2.75) is 0 Å². The summed E-state index contributed by atoms with van der Waals surface area (Å²) in [7, 11) is 1.26. The molecular formula is C13H10ClN5O2.